The van der Waals surface area contributed by atoms with E-state index in [2.05, 4.69) is 0 Å². The second kappa shape index (κ2) is 9.79. The van der Waals surface area contributed by atoms with Gasteiger partial charge in [0.05, 0.1) is 36.7 Å². The molecule has 4 atom stereocenters. The number of benzene rings is 2. The molecule has 1 saturated heterocycles. The molecule has 3 aliphatic carbocycles. The van der Waals surface area contributed by atoms with Crippen LogP contribution in [0.15, 0.2) is 70.8 Å². The maximum atomic E-state index is 14.0. The van der Waals surface area contributed by atoms with Gasteiger partial charge in [0.15, 0.2) is 23.1 Å². The second-order valence-electron chi connectivity index (χ2n) is 10.8. The molecule has 2 aromatic carbocycles. The lowest BCUT2D eigenvalue weighted by Crippen LogP contribution is -2.39. The molecule has 2 amide bonds. The molecule has 214 valence electrons. The molecule has 0 unspecified atom stereocenters. The Morgan fingerprint density at radius 2 is 1.62 bits per heavy atom. The molecular formula is C31H26N2O9. The number of nitro groups is 1. The standard InChI is InChI=1S/C31H26N2O9/c1-14-10-22(34)21-13-20-18(25(27(21)28(14)35)15-11-23(41-2)29(36)24(12-15)42-3)8-9-19-26(20)31(38)32(30(19)37)16-4-6-17(7-5-16)33(39)40/h4-8,10-12,19-20,25-26,36H,9,13H2,1-3H3/t19-,20+,25-,26-/m0/s1. The fourth-order valence-electron chi connectivity index (χ4n) is 6.80. The quantitative estimate of drug-likeness (QED) is 0.185. The number of Topliss-reactive ketones (excluding diaryl/α,β-unsaturated/α-hetero) is 1. The number of phenolic OH excluding ortho intramolecular Hbond substituents is 1. The highest BCUT2D eigenvalue weighted by molar-refractivity contribution is 6.25. The maximum Gasteiger partial charge on any atom is 0.269 e. The number of fused-ring (bicyclic) bond motifs is 3. The van der Waals surface area contributed by atoms with Gasteiger partial charge in [-0.15, -0.1) is 0 Å². The van der Waals surface area contributed by atoms with Crippen LogP contribution in [0.1, 0.15) is 31.2 Å². The number of ketones is 2. The second-order valence-corrected chi connectivity index (χ2v) is 10.8. The number of aromatic hydroxyl groups is 1. The predicted octanol–water partition coefficient (Wildman–Crippen LogP) is 3.95. The van der Waals surface area contributed by atoms with Gasteiger partial charge >= 0.3 is 0 Å². The summed E-state index contributed by atoms with van der Waals surface area (Å²) in [6, 6.07) is 8.38. The molecule has 0 radical (unpaired) electrons. The van der Waals surface area contributed by atoms with E-state index in [4.69, 9.17) is 9.47 Å². The molecule has 0 saturated carbocycles. The van der Waals surface area contributed by atoms with Crippen molar-refractivity contribution in [3.05, 3.63) is 86.5 Å². The third kappa shape index (κ3) is 3.87. The number of nitro benzene ring substituents is 1. The number of carbonyl (C=O) groups is 4. The van der Waals surface area contributed by atoms with E-state index >= 15 is 0 Å². The number of amides is 2. The predicted molar refractivity (Wildman–Crippen MR) is 148 cm³/mol. The van der Waals surface area contributed by atoms with Gasteiger partial charge in [-0.2, -0.15) is 0 Å². The van der Waals surface area contributed by atoms with Gasteiger partial charge in [0.1, 0.15) is 0 Å². The SMILES string of the molecule is COc1cc([C@H]2C3=CC[C@@H]4C(=O)N(c5ccc([N+](=O)[O-])cc5)C(=O)[C@@H]4[C@@H]3CC3=C2C(=O)C(C)=CC3=O)cc(OC)c1O. The molecule has 0 spiro atoms. The van der Waals surface area contributed by atoms with Gasteiger partial charge in [0.2, 0.25) is 17.6 Å². The van der Waals surface area contributed by atoms with Crippen molar-refractivity contribution in [1.29, 1.82) is 0 Å². The van der Waals surface area contributed by atoms with Gasteiger partial charge in [-0.05, 0) is 61.6 Å². The lowest BCUT2D eigenvalue weighted by Gasteiger charge is -2.42. The summed E-state index contributed by atoms with van der Waals surface area (Å²) in [4.78, 5) is 66.1. The third-order valence-corrected chi connectivity index (χ3v) is 8.72. The molecule has 1 heterocycles. The number of rotatable bonds is 5. The molecule has 0 bridgehead atoms. The van der Waals surface area contributed by atoms with Crippen molar-refractivity contribution in [3.63, 3.8) is 0 Å². The van der Waals surface area contributed by atoms with Crippen LogP contribution in [0.5, 0.6) is 17.2 Å². The first kappa shape index (κ1) is 27.1. The van der Waals surface area contributed by atoms with Crippen LogP contribution < -0.4 is 14.4 Å². The van der Waals surface area contributed by atoms with Gasteiger partial charge in [0, 0.05) is 34.8 Å². The number of carbonyl (C=O) groups excluding carboxylic acids is 4. The number of imide groups is 1. The number of non-ortho nitro benzene ring substituents is 1. The van der Waals surface area contributed by atoms with E-state index < -0.39 is 40.4 Å². The summed E-state index contributed by atoms with van der Waals surface area (Å²) in [5.41, 5.74) is 2.21. The molecule has 1 aliphatic heterocycles. The van der Waals surface area contributed by atoms with Crippen molar-refractivity contribution in [2.75, 3.05) is 19.1 Å². The Labute approximate surface area is 239 Å². The van der Waals surface area contributed by atoms with Gasteiger partial charge in [-0.1, -0.05) is 11.6 Å². The Hall–Kier alpha value is -5.06. The topological polar surface area (TPSA) is 153 Å². The molecule has 1 N–H and O–H groups in total. The van der Waals surface area contributed by atoms with E-state index in [1.165, 1.54) is 44.6 Å². The number of phenols is 1. The minimum atomic E-state index is -0.806. The highest BCUT2D eigenvalue weighted by Crippen LogP contribution is 2.56. The summed E-state index contributed by atoms with van der Waals surface area (Å²) in [7, 11) is 2.77. The number of nitrogens with zero attached hydrogens (tertiary/aromatic N) is 2. The van der Waals surface area contributed by atoms with Crippen LogP contribution in [0.2, 0.25) is 0 Å². The van der Waals surface area contributed by atoms with E-state index in [0.29, 0.717) is 22.3 Å². The normalized spacial score (nSPS) is 25.0. The van der Waals surface area contributed by atoms with Crippen molar-refractivity contribution in [2.45, 2.75) is 25.7 Å². The summed E-state index contributed by atoms with van der Waals surface area (Å²) in [5, 5.41) is 21.7. The fraction of sp³-hybridized carbons (Fsp3) is 0.290. The van der Waals surface area contributed by atoms with E-state index in [-0.39, 0.29) is 53.0 Å². The summed E-state index contributed by atoms with van der Waals surface area (Å²) in [6.45, 7) is 1.58. The van der Waals surface area contributed by atoms with Crippen LogP contribution in [0.25, 0.3) is 0 Å². The fourth-order valence-corrected chi connectivity index (χ4v) is 6.80. The highest BCUT2D eigenvalue weighted by atomic mass is 16.6. The molecule has 11 nitrogen and oxygen atoms in total. The Morgan fingerprint density at radius 1 is 0.976 bits per heavy atom. The van der Waals surface area contributed by atoms with Crippen molar-refractivity contribution in [3.8, 4) is 17.2 Å². The zero-order chi connectivity index (χ0) is 30.0. The minimum absolute atomic E-state index is 0.104. The third-order valence-electron chi connectivity index (χ3n) is 8.72. The number of hydrogen-bond acceptors (Lipinski definition) is 9. The highest BCUT2D eigenvalue weighted by Gasteiger charge is 2.56. The number of hydrogen-bond donors (Lipinski definition) is 1. The molecule has 2 aromatic rings. The number of allylic oxidation sites excluding steroid dienone is 6. The van der Waals surface area contributed by atoms with Crippen LogP contribution in [0.4, 0.5) is 11.4 Å². The zero-order valence-corrected chi connectivity index (χ0v) is 23.0. The Bertz CT molecular complexity index is 1670. The first-order valence-electron chi connectivity index (χ1n) is 13.3. The first-order chi connectivity index (χ1) is 20.1. The van der Waals surface area contributed by atoms with E-state index in [0.717, 1.165) is 10.5 Å². The van der Waals surface area contributed by atoms with Gasteiger partial charge in [0.25, 0.3) is 5.69 Å². The summed E-state index contributed by atoms with van der Waals surface area (Å²) in [5.74, 6) is -4.30. The molecule has 6 rings (SSSR count). The lowest BCUT2D eigenvalue weighted by atomic mass is 9.59. The van der Waals surface area contributed by atoms with Crippen LogP contribution >= 0.6 is 0 Å². The van der Waals surface area contributed by atoms with Gasteiger partial charge < -0.3 is 14.6 Å². The number of ether oxygens (including phenoxy) is 2. The smallest absolute Gasteiger partial charge is 0.269 e. The van der Waals surface area contributed by atoms with Crippen LogP contribution in [0.3, 0.4) is 0 Å². The lowest BCUT2D eigenvalue weighted by molar-refractivity contribution is -0.384. The van der Waals surface area contributed by atoms with Gasteiger partial charge in [-0.25, -0.2) is 0 Å². The van der Waals surface area contributed by atoms with Crippen molar-refractivity contribution >= 4 is 34.8 Å². The Kier molecular flexibility index (Phi) is 6.32. The van der Waals surface area contributed by atoms with Crippen LogP contribution in [-0.4, -0.2) is 47.6 Å². The number of methoxy groups -OCH3 is 2. The molecular weight excluding hydrogens is 544 g/mol. The van der Waals surface area contributed by atoms with E-state index in [1.807, 2.05) is 6.08 Å². The molecule has 0 aromatic heterocycles. The Balaban J connectivity index is 1.48. The molecule has 42 heavy (non-hydrogen) atoms. The Morgan fingerprint density at radius 3 is 2.21 bits per heavy atom. The largest absolute Gasteiger partial charge is 0.502 e. The minimum Gasteiger partial charge on any atom is -0.502 e. The zero-order valence-electron chi connectivity index (χ0n) is 23.0. The monoisotopic (exact) mass is 570 g/mol. The number of anilines is 1. The van der Waals surface area contributed by atoms with E-state index in [1.54, 1.807) is 19.1 Å². The average molecular weight is 571 g/mol. The summed E-state index contributed by atoms with van der Waals surface area (Å²) < 4.78 is 10.7. The van der Waals surface area contributed by atoms with E-state index in [9.17, 15) is 34.4 Å². The molecule has 4 aliphatic rings. The molecule has 1 fully saturated rings. The van der Waals surface area contributed by atoms with Gasteiger partial charge in [-0.3, -0.25) is 34.2 Å². The average Bonchev–Trinajstić information content (AvgIpc) is 3.24. The van der Waals surface area contributed by atoms with Crippen molar-refractivity contribution < 1.29 is 38.7 Å². The maximum absolute atomic E-state index is 14.0. The molecule has 11 heteroatoms. The van der Waals surface area contributed by atoms with Crippen molar-refractivity contribution in [1.82, 2.24) is 0 Å². The summed E-state index contributed by atoms with van der Waals surface area (Å²) in [6.07, 6.45) is 3.51. The van der Waals surface area contributed by atoms with Crippen LogP contribution in [-0.2, 0) is 19.2 Å². The first-order valence-corrected chi connectivity index (χ1v) is 13.3. The van der Waals surface area contributed by atoms with Crippen molar-refractivity contribution in [2.24, 2.45) is 17.8 Å². The summed E-state index contributed by atoms with van der Waals surface area (Å²) >= 11 is 0. The van der Waals surface area contributed by atoms with Crippen LogP contribution in [0, 0.1) is 27.9 Å².